The van der Waals surface area contributed by atoms with Crippen molar-refractivity contribution in [3.05, 3.63) is 39.8 Å². The maximum atomic E-state index is 5.41. The fraction of sp³-hybridized carbons (Fsp3) is 0.444. The number of aliphatic imine (C=N–C) groups is 1. The van der Waals surface area contributed by atoms with E-state index in [1.54, 1.807) is 11.3 Å². The maximum absolute atomic E-state index is 5.41. The lowest BCUT2D eigenvalue weighted by molar-refractivity contribution is 0.174. The van der Waals surface area contributed by atoms with Crippen LogP contribution in [0.4, 0.5) is 0 Å². The molecule has 1 aliphatic rings. The summed E-state index contributed by atoms with van der Waals surface area (Å²) >= 11 is 1.71. The smallest absolute Gasteiger partial charge is 0.231 e. The van der Waals surface area contributed by atoms with Gasteiger partial charge in [-0.3, -0.25) is 0 Å². The van der Waals surface area contributed by atoms with Crippen molar-refractivity contribution in [3.63, 3.8) is 0 Å². The van der Waals surface area contributed by atoms with Crippen molar-refractivity contribution in [1.29, 1.82) is 0 Å². The summed E-state index contributed by atoms with van der Waals surface area (Å²) in [5.41, 5.74) is 2.12. The third-order valence-electron chi connectivity index (χ3n) is 3.70. The molecule has 7 heteroatoms. The normalized spacial score (nSPS) is 13.4. The maximum Gasteiger partial charge on any atom is 0.231 e. The summed E-state index contributed by atoms with van der Waals surface area (Å²) in [5, 5.41) is 9.87. The number of benzene rings is 1. The van der Waals surface area contributed by atoms with Crippen LogP contribution in [0, 0.1) is 0 Å². The number of hydrogen-bond donors (Lipinski definition) is 2. The third-order valence-corrected chi connectivity index (χ3v) is 4.90. The van der Waals surface area contributed by atoms with Gasteiger partial charge in [0, 0.05) is 17.8 Å². The van der Waals surface area contributed by atoms with Crippen LogP contribution in [0.15, 0.2) is 28.6 Å². The Kier molecular flexibility index (Phi) is 5.75. The second-order valence-electron chi connectivity index (χ2n) is 6.07. The van der Waals surface area contributed by atoms with E-state index in [1.807, 2.05) is 18.2 Å². The van der Waals surface area contributed by atoms with Gasteiger partial charge in [0.1, 0.15) is 0 Å². The second kappa shape index (κ2) is 8.20. The molecule has 134 valence electrons. The highest BCUT2D eigenvalue weighted by molar-refractivity contribution is 7.09. The lowest BCUT2D eigenvalue weighted by atomic mass is 10.2. The van der Waals surface area contributed by atoms with Crippen LogP contribution in [0.5, 0.6) is 11.5 Å². The Balaban J connectivity index is 1.60. The van der Waals surface area contributed by atoms with Gasteiger partial charge >= 0.3 is 0 Å². The van der Waals surface area contributed by atoms with Gasteiger partial charge in [0.15, 0.2) is 17.5 Å². The minimum atomic E-state index is 0.290. The van der Waals surface area contributed by atoms with E-state index < -0.39 is 0 Å². The molecule has 0 atom stereocenters. The number of guanidine groups is 1. The van der Waals surface area contributed by atoms with Crippen LogP contribution >= 0.6 is 11.3 Å². The second-order valence-corrected chi connectivity index (χ2v) is 6.96. The van der Waals surface area contributed by atoms with E-state index in [0.717, 1.165) is 35.3 Å². The first-order valence-electron chi connectivity index (χ1n) is 8.50. The van der Waals surface area contributed by atoms with Crippen molar-refractivity contribution in [2.75, 3.05) is 13.3 Å². The average molecular weight is 360 g/mol. The Morgan fingerprint density at radius 2 is 2.12 bits per heavy atom. The molecule has 0 saturated heterocycles. The highest BCUT2D eigenvalue weighted by Crippen LogP contribution is 2.32. The van der Waals surface area contributed by atoms with E-state index in [2.05, 4.69) is 46.8 Å². The molecule has 0 fully saturated rings. The molecular weight excluding hydrogens is 336 g/mol. The van der Waals surface area contributed by atoms with Crippen LogP contribution in [-0.2, 0) is 13.1 Å². The van der Waals surface area contributed by atoms with Gasteiger partial charge < -0.3 is 20.1 Å². The van der Waals surface area contributed by atoms with Crippen LogP contribution in [0.1, 0.15) is 43.0 Å². The number of aromatic nitrogens is 1. The molecule has 3 rings (SSSR count). The minimum Gasteiger partial charge on any atom is -0.454 e. The van der Waals surface area contributed by atoms with Gasteiger partial charge in [-0.2, -0.15) is 0 Å². The molecule has 0 bridgehead atoms. The monoisotopic (exact) mass is 360 g/mol. The van der Waals surface area contributed by atoms with Gasteiger partial charge in [-0.25, -0.2) is 9.98 Å². The van der Waals surface area contributed by atoms with Crippen LogP contribution in [0.2, 0.25) is 0 Å². The zero-order chi connectivity index (χ0) is 17.6. The number of thiazole rings is 1. The first-order valence-corrected chi connectivity index (χ1v) is 9.38. The number of ether oxygens (including phenoxy) is 2. The predicted octanol–water partition coefficient (Wildman–Crippen LogP) is 3.25. The lowest BCUT2D eigenvalue weighted by Gasteiger charge is -2.10. The lowest BCUT2D eigenvalue weighted by Crippen LogP contribution is -2.36. The summed E-state index contributed by atoms with van der Waals surface area (Å²) in [6.45, 7) is 8.70. The molecule has 1 aliphatic heterocycles. The van der Waals surface area contributed by atoms with Crippen molar-refractivity contribution in [3.8, 4) is 11.5 Å². The van der Waals surface area contributed by atoms with Crippen molar-refractivity contribution in [2.45, 2.75) is 39.8 Å². The zero-order valence-corrected chi connectivity index (χ0v) is 15.7. The van der Waals surface area contributed by atoms with E-state index in [9.17, 15) is 0 Å². The van der Waals surface area contributed by atoms with E-state index in [1.165, 1.54) is 5.01 Å². The van der Waals surface area contributed by atoms with Gasteiger partial charge in [-0.1, -0.05) is 19.9 Å². The Morgan fingerprint density at radius 3 is 2.88 bits per heavy atom. The van der Waals surface area contributed by atoms with Crippen LogP contribution in [0.3, 0.4) is 0 Å². The van der Waals surface area contributed by atoms with Crippen molar-refractivity contribution < 1.29 is 9.47 Å². The molecule has 2 N–H and O–H groups in total. The largest absolute Gasteiger partial charge is 0.454 e. The Labute approximate surface area is 152 Å². The van der Waals surface area contributed by atoms with E-state index in [-0.39, 0.29) is 6.79 Å². The molecule has 0 amide bonds. The topological polar surface area (TPSA) is 67.8 Å². The first kappa shape index (κ1) is 17.5. The molecule has 1 aromatic carbocycles. The van der Waals surface area contributed by atoms with Gasteiger partial charge in [-0.15, -0.1) is 11.3 Å². The van der Waals surface area contributed by atoms with Crippen LogP contribution in [-0.4, -0.2) is 24.3 Å². The number of hydrogen-bond acceptors (Lipinski definition) is 5. The van der Waals surface area contributed by atoms with Gasteiger partial charge in [-0.05, 0) is 24.6 Å². The van der Waals surface area contributed by atoms with E-state index in [4.69, 9.17) is 9.47 Å². The highest BCUT2D eigenvalue weighted by Gasteiger charge is 2.13. The van der Waals surface area contributed by atoms with Crippen molar-refractivity contribution in [2.24, 2.45) is 4.99 Å². The molecule has 2 aromatic rings. The predicted molar refractivity (Wildman–Crippen MR) is 100 cm³/mol. The minimum absolute atomic E-state index is 0.290. The van der Waals surface area contributed by atoms with Crippen molar-refractivity contribution in [1.82, 2.24) is 15.6 Å². The summed E-state index contributed by atoms with van der Waals surface area (Å²) in [4.78, 5) is 9.28. The molecule has 0 spiro atoms. The van der Waals surface area contributed by atoms with Gasteiger partial charge in [0.25, 0.3) is 0 Å². The quantitative estimate of drug-likeness (QED) is 0.611. The average Bonchev–Trinajstić information content (AvgIpc) is 3.25. The SMILES string of the molecule is CCNC(=NCc1ccc2c(c1)OCO2)NCc1csc(C(C)C)n1. The first-order chi connectivity index (χ1) is 12.2. The van der Waals surface area contributed by atoms with Crippen LogP contribution in [0.25, 0.3) is 0 Å². The van der Waals surface area contributed by atoms with Gasteiger partial charge in [0.05, 0.1) is 23.8 Å². The Hall–Kier alpha value is -2.28. The number of nitrogens with zero attached hydrogens (tertiary/aromatic N) is 2. The number of nitrogens with one attached hydrogen (secondary N) is 2. The van der Waals surface area contributed by atoms with E-state index in [0.29, 0.717) is 19.0 Å². The highest BCUT2D eigenvalue weighted by atomic mass is 32.1. The summed E-state index contributed by atoms with van der Waals surface area (Å²) in [6.07, 6.45) is 0. The van der Waals surface area contributed by atoms with Gasteiger partial charge in [0.2, 0.25) is 6.79 Å². The molecule has 0 radical (unpaired) electrons. The molecule has 0 unspecified atom stereocenters. The molecule has 6 nitrogen and oxygen atoms in total. The molecular formula is C18H24N4O2S. The molecule has 1 aromatic heterocycles. The number of fused-ring (bicyclic) bond motifs is 1. The summed E-state index contributed by atoms with van der Waals surface area (Å²) in [7, 11) is 0. The summed E-state index contributed by atoms with van der Waals surface area (Å²) in [6, 6.07) is 5.91. The fourth-order valence-corrected chi connectivity index (χ4v) is 3.23. The molecule has 0 saturated carbocycles. The molecule has 0 aliphatic carbocycles. The van der Waals surface area contributed by atoms with E-state index >= 15 is 0 Å². The zero-order valence-electron chi connectivity index (χ0n) is 14.8. The summed E-state index contributed by atoms with van der Waals surface area (Å²) in [5.74, 6) is 2.82. The standard InChI is InChI=1S/C18H24N4O2S/c1-4-19-18(21-9-14-10-25-17(22-14)12(2)3)20-8-13-5-6-15-16(7-13)24-11-23-15/h5-7,10,12H,4,8-9,11H2,1-3H3,(H2,19,20,21). The Morgan fingerprint density at radius 1 is 1.28 bits per heavy atom. The number of rotatable bonds is 6. The third kappa shape index (κ3) is 4.63. The molecule has 25 heavy (non-hydrogen) atoms. The van der Waals surface area contributed by atoms with Crippen LogP contribution < -0.4 is 20.1 Å². The summed E-state index contributed by atoms with van der Waals surface area (Å²) < 4.78 is 10.7. The fourth-order valence-electron chi connectivity index (χ4n) is 2.39. The molecule has 2 heterocycles. The van der Waals surface area contributed by atoms with Crippen molar-refractivity contribution >= 4 is 17.3 Å². The Bertz CT molecular complexity index is 742.